The van der Waals surface area contributed by atoms with Crippen molar-refractivity contribution in [1.29, 1.82) is 0 Å². The summed E-state index contributed by atoms with van der Waals surface area (Å²) in [5.41, 5.74) is 2.10. The zero-order valence-corrected chi connectivity index (χ0v) is 14.1. The number of halogens is 3. The number of pyridine rings is 1. The molecular weight excluding hydrogens is 459 g/mol. The summed E-state index contributed by atoms with van der Waals surface area (Å²) in [4.78, 5) is 4.36. The minimum Gasteiger partial charge on any atom is -0.379 e. The molecule has 0 spiro atoms. The molecule has 2 rings (SSSR count). The maximum absolute atomic E-state index is 4.36. The van der Waals surface area contributed by atoms with Crippen molar-refractivity contribution in [2.45, 2.75) is 6.54 Å². The molecule has 1 heterocycles. The molecule has 0 atom stereocenters. The summed E-state index contributed by atoms with van der Waals surface area (Å²) in [5.74, 6) is 0. The summed E-state index contributed by atoms with van der Waals surface area (Å²) in [7, 11) is 0. The van der Waals surface area contributed by atoms with E-state index in [1.165, 1.54) is 3.57 Å². The molecule has 0 aliphatic carbocycles. The van der Waals surface area contributed by atoms with Gasteiger partial charge in [0.25, 0.3) is 0 Å². The Bertz CT molecular complexity index is 532. The molecule has 0 saturated carbocycles. The van der Waals surface area contributed by atoms with Crippen LogP contribution in [0.2, 0.25) is 0 Å². The Hall–Kier alpha value is -0.140. The maximum atomic E-state index is 4.36. The molecule has 0 aliphatic rings. The number of hydrogen-bond acceptors (Lipinski definition) is 2. The van der Waals surface area contributed by atoms with Gasteiger partial charge in [-0.15, -0.1) is 0 Å². The van der Waals surface area contributed by atoms with Crippen LogP contribution in [0, 0.1) is 3.57 Å². The van der Waals surface area contributed by atoms with Crippen LogP contribution in [0.5, 0.6) is 0 Å². The van der Waals surface area contributed by atoms with E-state index >= 15 is 0 Å². The molecule has 0 unspecified atom stereocenters. The van der Waals surface area contributed by atoms with Crippen LogP contribution in [0.25, 0.3) is 0 Å². The van der Waals surface area contributed by atoms with Gasteiger partial charge in [-0.3, -0.25) is 4.98 Å². The van der Waals surface area contributed by atoms with Gasteiger partial charge in [0, 0.05) is 24.4 Å². The quantitative estimate of drug-likeness (QED) is 0.654. The highest BCUT2D eigenvalue weighted by molar-refractivity contribution is 14.1. The van der Waals surface area contributed by atoms with Gasteiger partial charge in [0.15, 0.2) is 0 Å². The lowest BCUT2D eigenvalue weighted by molar-refractivity contribution is 1.03. The van der Waals surface area contributed by atoms with E-state index in [-0.39, 0.29) is 0 Å². The number of nitrogens with one attached hydrogen (secondary N) is 1. The molecule has 0 aliphatic heterocycles. The van der Waals surface area contributed by atoms with E-state index < -0.39 is 0 Å². The van der Waals surface area contributed by atoms with Gasteiger partial charge in [-0.05, 0) is 78.7 Å². The standard InChI is InChI=1S/C12H9Br2IN2/c13-8-4-11(14)12(17-6-8)7-16-10-3-1-2-9(15)5-10/h1-6,16H,7H2. The predicted molar refractivity (Wildman–Crippen MR) is 86.1 cm³/mol. The third kappa shape index (κ3) is 3.93. The first-order valence-corrected chi connectivity index (χ1v) is 7.61. The first-order chi connectivity index (χ1) is 8.15. The largest absolute Gasteiger partial charge is 0.379 e. The predicted octanol–water partition coefficient (Wildman–Crippen LogP) is 4.82. The van der Waals surface area contributed by atoms with Gasteiger partial charge < -0.3 is 5.32 Å². The van der Waals surface area contributed by atoms with E-state index in [0.29, 0.717) is 6.54 Å². The van der Waals surface area contributed by atoms with Crippen molar-refractivity contribution in [1.82, 2.24) is 4.98 Å². The van der Waals surface area contributed by atoms with Crippen molar-refractivity contribution < 1.29 is 0 Å². The molecule has 17 heavy (non-hydrogen) atoms. The molecule has 0 saturated heterocycles. The Morgan fingerprint density at radius 2 is 2.06 bits per heavy atom. The lowest BCUT2D eigenvalue weighted by Crippen LogP contribution is -2.02. The first kappa shape index (κ1) is 13.3. The monoisotopic (exact) mass is 466 g/mol. The number of hydrogen-bond donors (Lipinski definition) is 1. The lowest BCUT2D eigenvalue weighted by Gasteiger charge is -2.08. The van der Waals surface area contributed by atoms with Gasteiger partial charge in [0.1, 0.15) is 0 Å². The van der Waals surface area contributed by atoms with E-state index in [9.17, 15) is 0 Å². The molecular formula is C12H9Br2IN2. The van der Waals surface area contributed by atoms with E-state index in [2.05, 4.69) is 83.0 Å². The first-order valence-electron chi connectivity index (χ1n) is 4.94. The summed E-state index contributed by atoms with van der Waals surface area (Å²) in [6, 6.07) is 10.3. The summed E-state index contributed by atoms with van der Waals surface area (Å²) in [5, 5.41) is 3.35. The van der Waals surface area contributed by atoms with Crippen LogP contribution < -0.4 is 5.32 Å². The highest BCUT2D eigenvalue weighted by atomic mass is 127. The van der Waals surface area contributed by atoms with Crippen LogP contribution >= 0.6 is 54.5 Å². The second-order valence-electron chi connectivity index (χ2n) is 3.45. The molecule has 1 aromatic carbocycles. The van der Waals surface area contributed by atoms with Gasteiger partial charge in [-0.1, -0.05) is 6.07 Å². The van der Waals surface area contributed by atoms with Gasteiger partial charge >= 0.3 is 0 Å². The fourth-order valence-electron chi connectivity index (χ4n) is 1.36. The Morgan fingerprint density at radius 3 is 2.76 bits per heavy atom. The van der Waals surface area contributed by atoms with Crippen molar-refractivity contribution in [2.75, 3.05) is 5.32 Å². The molecule has 0 amide bonds. The molecule has 1 aromatic heterocycles. The second-order valence-corrected chi connectivity index (χ2v) is 6.46. The smallest absolute Gasteiger partial charge is 0.0737 e. The van der Waals surface area contributed by atoms with E-state index in [0.717, 1.165) is 20.3 Å². The normalized spacial score (nSPS) is 10.3. The third-order valence-electron chi connectivity index (χ3n) is 2.17. The van der Waals surface area contributed by atoms with Crippen molar-refractivity contribution in [2.24, 2.45) is 0 Å². The zero-order chi connectivity index (χ0) is 12.3. The van der Waals surface area contributed by atoms with Crippen molar-refractivity contribution in [3.8, 4) is 0 Å². The lowest BCUT2D eigenvalue weighted by atomic mass is 10.3. The highest BCUT2D eigenvalue weighted by Gasteiger charge is 2.02. The SMILES string of the molecule is Brc1cnc(CNc2cccc(I)c2)c(Br)c1. The highest BCUT2D eigenvalue weighted by Crippen LogP contribution is 2.21. The van der Waals surface area contributed by atoms with E-state index in [1.54, 1.807) is 6.20 Å². The number of anilines is 1. The fraction of sp³-hybridized carbons (Fsp3) is 0.0833. The molecule has 0 bridgehead atoms. The number of aromatic nitrogens is 1. The minimum absolute atomic E-state index is 0.702. The second kappa shape index (κ2) is 6.15. The summed E-state index contributed by atoms with van der Waals surface area (Å²) < 4.78 is 3.20. The van der Waals surface area contributed by atoms with Crippen LogP contribution in [-0.2, 0) is 6.54 Å². The summed E-state index contributed by atoms with van der Waals surface area (Å²) in [6.07, 6.45) is 1.80. The van der Waals surface area contributed by atoms with Crippen LogP contribution in [0.15, 0.2) is 45.5 Å². The zero-order valence-electron chi connectivity index (χ0n) is 8.75. The number of nitrogens with zero attached hydrogens (tertiary/aromatic N) is 1. The van der Waals surface area contributed by atoms with Crippen LogP contribution in [0.3, 0.4) is 0 Å². The number of rotatable bonds is 3. The fourth-order valence-corrected chi connectivity index (χ4v) is 3.03. The molecule has 5 heteroatoms. The Labute approximate surface area is 131 Å². The molecule has 2 nitrogen and oxygen atoms in total. The molecule has 0 radical (unpaired) electrons. The van der Waals surface area contributed by atoms with Crippen LogP contribution in [-0.4, -0.2) is 4.98 Å². The van der Waals surface area contributed by atoms with E-state index in [1.807, 2.05) is 12.1 Å². The Kier molecular flexibility index (Phi) is 4.81. The average molecular weight is 468 g/mol. The Balaban J connectivity index is 2.07. The van der Waals surface area contributed by atoms with Crippen molar-refractivity contribution in [3.05, 3.63) is 54.7 Å². The molecule has 0 fully saturated rings. The topological polar surface area (TPSA) is 24.9 Å². The summed E-state index contributed by atoms with van der Waals surface area (Å²) in [6.45, 7) is 0.702. The van der Waals surface area contributed by atoms with Gasteiger partial charge in [0.05, 0.1) is 12.2 Å². The van der Waals surface area contributed by atoms with E-state index in [4.69, 9.17) is 0 Å². The van der Waals surface area contributed by atoms with Crippen molar-refractivity contribution in [3.63, 3.8) is 0 Å². The third-order valence-corrected chi connectivity index (χ3v) is 3.96. The van der Waals surface area contributed by atoms with Gasteiger partial charge in [-0.2, -0.15) is 0 Å². The van der Waals surface area contributed by atoms with Gasteiger partial charge in [-0.25, -0.2) is 0 Å². The Morgan fingerprint density at radius 1 is 1.24 bits per heavy atom. The van der Waals surface area contributed by atoms with Gasteiger partial charge in [0.2, 0.25) is 0 Å². The molecule has 1 N–H and O–H groups in total. The number of benzene rings is 1. The molecule has 88 valence electrons. The molecule has 2 aromatic rings. The summed E-state index contributed by atoms with van der Waals surface area (Å²) >= 11 is 9.19. The maximum Gasteiger partial charge on any atom is 0.0737 e. The minimum atomic E-state index is 0.702. The van der Waals surface area contributed by atoms with Crippen LogP contribution in [0.1, 0.15) is 5.69 Å². The van der Waals surface area contributed by atoms with Crippen molar-refractivity contribution >= 4 is 60.1 Å². The van der Waals surface area contributed by atoms with Crippen LogP contribution in [0.4, 0.5) is 5.69 Å². The average Bonchev–Trinajstić information content (AvgIpc) is 2.28.